The molecule has 4 nitrogen and oxygen atoms in total. The van der Waals surface area contributed by atoms with Crippen LogP contribution in [0.5, 0.6) is 0 Å². The van der Waals surface area contributed by atoms with Gasteiger partial charge in [0.25, 0.3) is 0 Å². The molecule has 2 rings (SSSR count). The fourth-order valence-corrected chi connectivity index (χ4v) is 2.64. The van der Waals surface area contributed by atoms with Crippen LogP contribution in [0.1, 0.15) is 39.5 Å². The van der Waals surface area contributed by atoms with E-state index < -0.39 is 0 Å². The molecule has 2 heterocycles. The summed E-state index contributed by atoms with van der Waals surface area (Å²) >= 11 is 0. The molecule has 4 heteroatoms. The molecule has 0 spiro atoms. The van der Waals surface area contributed by atoms with Crippen molar-refractivity contribution in [3.63, 3.8) is 0 Å². The minimum absolute atomic E-state index is 0.0679. The van der Waals surface area contributed by atoms with E-state index in [9.17, 15) is 0 Å². The van der Waals surface area contributed by atoms with E-state index in [1.807, 2.05) is 0 Å². The van der Waals surface area contributed by atoms with Gasteiger partial charge < -0.3 is 14.4 Å². The number of piperazine rings is 1. The van der Waals surface area contributed by atoms with Crippen molar-refractivity contribution in [2.24, 2.45) is 0 Å². The third-order valence-electron chi connectivity index (χ3n) is 4.46. The SMILES string of the molecule is CCC(C)(C#CCN1CCN(C)CC1)OC1CCCCO1. The largest absolute Gasteiger partial charge is 0.353 e. The molecule has 0 amide bonds. The second-order valence-corrected chi connectivity index (χ2v) is 6.38. The van der Waals surface area contributed by atoms with Crippen molar-refractivity contribution >= 4 is 0 Å². The Hall–Kier alpha value is -0.600. The van der Waals surface area contributed by atoms with Crippen molar-refractivity contribution in [1.29, 1.82) is 0 Å². The first kappa shape index (κ1) is 16.8. The number of rotatable bonds is 4. The monoisotopic (exact) mass is 294 g/mol. The Kier molecular flexibility index (Phi) is 6.50. The molecule has 0 bridgehead atoms. The first-order valence-corrected chi connectivity index (χ1v) is 8.32. The molecule has 2 atom stereocenters. The summed E-state index contributed by atoms with van der Waals surface area (Å²) in [6, 6.07) is 0. The summed E-state index contributed by atoms with van der Waals surface area (Å²) in [6.45, 7) is 10.4. The maximum Gasteiger partial charge on any atom is 0.159 e. The Labute approximate surface area is 129 Å². The predicted octanol–water partition coefficient (Wildman–Crippen LogP) is 1.95. The standard InChI is InChI=1S/C17H30N2O2/c1-4-17(2,21-16-8-5-6-15-20-16)9-7-10-19-13-11-18(3)12-14-19/h16H,4-6,8,10-15H2,1-3H3. The molecule has 21 heavy (non-hydrogen) atoms. The summed E-state index contributed by atoms with van der Waals surface area (Å²) in [5.41, 5.74) is -0.380. The number of hydrogen-bond donors (Lipinski definition) is 0. The summed E-state index contributed by atoms with van der Waals surface area (Å²) < 4.78 is 11.8. The normalized spacial score (nSPS) is 27.7. The van der Waals surface area contributed by atoms with Gasteiger partial charge in [-0.2, -0.15) is 0 Å². The Morgan fingerprint density at radius 1 is 1.24 bits per heavy atom. The summed E-state index contributed by atoms with van der Waals surface area (Å²) in [6.07, 6.45) is 4.16. The van der Waals surface area contributed by atoms with Gasteiger partial charge in [0.2, 0.25) is 0 Å². The van der Waals surface area contributed by atoms with Crippen LogP contribution in [-0.2, 0) is 9.47 Å². The van der Waals surface area contributed by atoms with E-state index in [0.717, 1.165) is 58.6 Å². The topological polar surface area (TPSA) is 24.9 Å². The lowest BCUT2D eigenvalue weighted by atomic mass is 10.0. The van der Waals surface area contributed by atoms with E-state index in [2.05, 4.69) is 42.5 Å². The van der Waals surface area contributed by atoms with E-state index in [-0.39, 0.29) is 11.9 Å². The molecule has 0 aliphatic carbocycles. The Morgan fingerprint density at radius 2 is 2.00 bits per heavy atom. The van der Waals surface area contributed by atoms with E-state index in [4.69, 9.17) is 9.47 Å². The molecule has 2 aliphatic heterocycles. The maximum absolute atomic E-state index is 6.11. The smallest absolute Gasteiger partial charge is 0.159 e. The summed E-state index contributed by atoms with van der Waals surface area (Å²) in [4.78, 5) is 4.78. The fourth-order valence-electron chi connectivity index (χ4n) is 2.64. The van der Waals surface area contributed by atoms with Gasteiger partial charge in [-0.05, 0) is 39.7 Å². The van der Waals surface area contributed by atoms with Crippen LogP contribution in [-0.4, -0.2) is 68.1 Å². The van der Waals surface area contributed by atoms with Crippen molar-refractivity contribution < 1.29 is 9.47 Å². The lowest BCUT2D eigenvalue weighted by Gasteiger charge is -2.32. The van der Waals surface area contributed by atoms with E-state index in [0.29, 0.717) is 0 Å². The number of hydrogen-bond acceptors (Lipinski definition) is 4. The fraction of sp³-hybridized carbons (Fsp3) is 0.882. The lowest BCUT2D eigenvalue weighted by Crippen LogP contribution is -2.44. The summed E-state index contributed by atoms with van der Waals surface area (Å²) in [5, 5.41) is 0. The molecule has 0 radical (unpaired) electrons. The van der Waals surface area contributed by atoms with Crippen LogP contribution in [0.25, 0.3) is 0 Å². The molecule has 120 valence electrons. The van der Waals surface area contributed by atoms with Crippen molar-refractivity contribution in [3.05, 3.63) is 0 Å². The van der Waals surface area contributed by atoms with Crippen LogP contribution in [0, 0.1) is 11.8 Å². The van der Waals surface area contributed by atoms with Crippen molar-refractivity contribution in [2.45, 2.75) is 51.4 Å². The second kappa shape index (κ2) is 8.14. The van der Waals surface area contributed by atoms with Crippen molar-refractivity contribution in [1.82, 2.24) is 9.80 Å². The number of ether oxygens (including phenoxy) is 2. The zero-order valence-electron chi connectivity index (χ0n) is 13.9. The van der Waals surface area contributed by atoms with Gasteiger partial charge in [-0.3, -0.25) is 4.90 Å². The van der Waals surface area contributed by atoms with Crippen LogP contribution in [0.3, 0.4) is 0 Å². The highest BCUT2D eigenvalue weighted by Crippen LogP contribution is 2.22. The third kappa shape index (κ3) is 5.60. The van der Waals surface area contributed by atoms with Crippen LogP contribution in [0.4, 0.5) is 0 Å². The van der Waals surface area contributed by atoms with Crippen molar-refractivity contribution in [3.8, 4) is 11.8 Å². The molecule has 2 fully saturated rings. The maximum atomic E-state index is 6.11. The highest BCUT2D eigenvalue weighted by atomic mass is 16.7. The number of likely N-dealkylation sites (N-methyl/N-ethyl adjacent to an activating group) is 1. The highest BCUT2D eigenvalue weighted by molar-refractivity contribution is 5.14. The van der Waals surface area contributed by atoms with Crippen LogP contribution < -0.4 is 0 Å². The van der Waals surface area contributed by atoms with Gasteiger partial charge in [-0.15, -0.1) is 0 Å². The van der Waals surface area contributed by atoms with Crippen LogP contribution in [0.2, 0.25) is 0 Å². The molecule has 0 aromatic heterocycles. The zero-order chi connectivity index (χ0) is 15.1. The number of nitrogens with zero attached hydrogens (tertiary/aromatic N) is 2. The Morgan fingerprint density at radius 3 is 2.62 bits per heavy atom. The molecule has 0 saturated carbocycles. The minimum atomic E-state index is -0.380. The Balaban J connectivity index is 1.81. The average Bonchev–Trinajstić information content (AvgIpc) is 2.50. The van der Waals surface area contributed by atoms with Crippen LogP contribution >= 0.6 is 0 Å². The van der Waals surface area contributed by atoms with Gasteiger partial charge in [0, 0.05) is 32.8 Å². The van der Waals surface area contributed by atoms with Crippen LogP contribution in [0.15, 0.2) is 0 Å². The van der Waals surface area contributed by atoms with Crippen molar-refractivity contribution in [2.75, 3.05) is 46.4 Å². The van der Waals surface area contributed by atoms with Gasteiger partial charge in [0.15, 0.2) is 6.29 Å². The average molecular weight is 294 g/mol. The molecule has 2 saturated heterocycles. The molecular formula is C17H30N2O2. The van der Waals surface area contributed by atoms with Gasteiger partial charge >= 0.3 is 0 Å². The summed E-state index contributed by atoms with van der Waals surface area (Å²) in [5.74, 6) is 6.67. The molecule has 2 aliphatic rings. The quantitative estimate of drug-likeness (QED) is 0.740. The lowest BCUT2D eigenvalue weighted by molar-refractivity contribution is -0.204. The van der Waals surface area contributed by atoms with Gasteiger partial charge in [0.05, 0.1) is 6.54 Å². The minimum Gasteiger partial charge on any atom is -0.353 e. The molecule has 0 aromatic carbocycles. The highest BCUT2D eigenvalue weighted by Gasteiger charge is 2.26. The van der Waals surface area contributed by atoms with Gasteiger partial charge in [-0.25, -0.2) is 0 Å². The van der Waals surface area contributed by atoms with E-state index in [1.54, 1.807) is 0 Å². The molecule has 0 aromatic rings. The molecular weight excluding hydrogens is 264 g/mol. The van der Waals surface area contributed by atoms with E-state index >= 15 is 0 Å². The molecule has 2 unspecified atom stereocenters. The predicted molar refractivity (Wildman–Crippen MR) is 85.1 cm³/mol. The van der Waals surface area contributed by atoms with E-state index in [1.165, 1.54) is 6.42 Å². The third-order valence-corrected chi connectivity index (χ3v) is 4.46. The van der Waals surface area contributed by atoms with Gasteiger partial charge in [0.1, 0.15) is 5.60 Å². The summed E-state index contributed by atoms with van der Waals surface area (Å²) in [7, 11) is 2.18. The first-order chi connectivity index (χ1) is 10.1. The first-order valence-electron chi connectivity index (χ1n) is 8.32. The van der Waals surface area contributed by atoms with Gasteiger partial charge in [-0.1, -0.05) is 18.8 Å². The molecule has 0 N–H and O–H groups in total. The zero-order valence-corrected chi connectivity index (χ0v) is 13.9. The Bertz CT molecular complexity index is 363. The second-order valence-electron chi connectivity index (χ2n) is 6.38.